The van der Waals surface area contributed by atoms with Gasteiger partial charge in [0.05, 0.1) is 17.8 Å². The predicted octanol–water partition coefficient (Wildman–Crippen LogP) is 1.57. The van der Waals surface area contributed by atoms with E-state index < -0.39 is 11.9 Å². The molecule has 3 heterocycles. The van der Waals surface area contributed by atoms with E-state index >= 15 is 0 Å². The number of nitrogens with zero attached hydrogens (tertiary/aromatic N) is 3. The molecule has 4 atom stereocenters. The predicted molar refractivity (Wildman–Crippen MR) is 75.8 cm³/mol. The fourth-order valence-electron chi connectivity index (χ4n) is 3.56. The van der Waals surface area contributed by atoms with Crippen LogP contribution in [0.25, 0.3) is 11.0 Å². The largest absolute Gasteiger partial charge is 0.390 e. The van der Waals surface area contributed by atoms with Gasteiger partial charge in [0.1, 0.15) is 24.2 Å². The first kappa shape index (κ1) is 13.2. The quantitative estimate of drug-likeness (QED) is 0.863. The molecule has 0 amide bonds. The fraction of sp³-hybridized carbons (Fsp3) is 0.600. The van der Waals surface area contributed by atoms with E-state index in [9.17, 15) is 5.11 Å². The Morgan fingerprint density at radius 3 is 2.86 bits per heavy atom. The van der Waals surface area contributed by atoms with Crippen LogP contribution in [0, 0.1) is 6.92 Å². The van der Waals surface area contributed by atoms with E-state index in [-0.39, 0.29) is 18.2 Å². The second kappa shape index (κ2) is 4.25. The zero-order valence-corrected chi connectivity index (χ0v) is 12.4. The Labute approximate surface area is 122 Å². The lowest BCUT2D eigenvalue weighted by Crippen LogP contribution is -2.28. The van der Waals surface area contributed by atoms with E-state index in [1.54, 1.807) is 6.33 Å². The minimum absolute atomic E-state index is 0.0265. The summed E-state index contributed by atoms with van der Waals surface area (Å²) in [6.07, 6.45) is 3.25. The van der Waals surface area contributed by atoms with E-state index in [0.29, 0.717) is 6.42 Å². The molecule has 0 aromatic carbocycles. The highest BCUT2D eigenvalue weighted by atomic mass is 16.8. The third-order valence-electron chi connectivity index (χ3n) is 4.47. The summed E-state index contributed by atoms with van der Waals surface area (Å²) >= 11 is 0. The van der Waals surface area contributed by atoms with E-state index in [0.717, 1.165) is 16.7 Å². The standard InChI is InChI=1S/C15H19N3O3/c1-8-9-4-5-18(14(9)17-7-16-8)10-6-11(19)13-12(10)20-15(2,3)21-13/h4-5,7,10-13,19H,6H2,1-3H3. The summed E-state index contributed by atoms with van der Waals surface area (Å²) in [7, 11) is 0. The molecule has 0 radical (unpaired) electrons. The lowest BCUT2D eigenvalue weighted by atomic mass is 10.2. The third kappa shape index (κ3) is 1.90. The van der Waals surface area contributed by atoms with Gasteiger partial charge < -0.3 is 19.1 Å². The molecular formula is C15H19N3O3. The Hall–Kier alpha value is -1.50. The van der Waals surface area contributed by atoms with Crippen molar-refractivity contribution in [2.24, 2.45) is 0 Å². The maximum Gasteiger partial charge on any atom is 0.164 e. The Morgan fingerprint density at radius 1 is 1.29 bits per heavy atom. The van der Waals surface area contributed by atoms with Gasteiger partial charge in [-0.3, -0.25) is 0 Å². The molecule has 1 saturated heterocycles. The molecule has 112 valence electrons. The molecule has 1 N–H and O–H groups in total. The van der Waals surface area contributed by atoms with Gasteiger partial charge in [0.25, 0.3) is 0 Å². The van der Waals surface area contributed by atoms with Crippen LogP contribution in [0.5, 0.6) is 0 Å². The average molecular weight is 289 g/mol. The number of aryl methyl sites for hydroxylation is 1. The smallest absolute Gasteiger partial charge is 0.164 e. The second-order valence-electron chi connectivity index (χ2n) is 6.35. The van der Waals surface area contributed by atoms with E-state index in [4.69, 9.17) is 9.47 Å². The van der Waals surface area contributed by atoms with Gasteiger partial charge in [-0.05, 0) is 33.3 Å². The minimum atomic E-state index is -0.650. The average Bonchev–Trinajstić information content (AvgIpc) is 3.04. The van der Waals surface area contributed by atoms with Crippen LogP contribution in [-0.4, -0.2) is 43.7 Å². The molecule has 2 aromatic heterocycles. The summed E-state index contributed by atoms with van der Waals surface area (Å²) in [6.45, 7) is 5.74. The fourth-order valence-corrected chi connectivity index (χ4v) is 3.56. The van der Waals surface area contributed by atoms with Crippen molar-refractivity contribution in [3.05, 3.63) is 24.3 Å². The summed E-state index contributed by atoms with van der Waals surface area (Å²) in [6, 6.07) is 2.05. The van der Waals surface area contributed by atoms with Gasteiger partial charge in [0.15, 0.2) is 5.79 Å². The SMILES string of the molecule is Cc1ncnc2c1ccn2C1CC(O)C2OC(C)(C)OC21. The normalized spacial score (nSPS) is 34.5. The molecule has 6 heteroatoms. The molecule has 2 fully saturated rings. The van der Waals surface area contributed by atoms with Crippen LogP contribution in [0.1, 0.15) is 32.0 Å². The van der Waals surface area contributed by atoms with Crippen molar-refractivity contribution in [3.8, 4) is 0 Å². The topological polar surface area (TPSA) is 69.4 Å². The van der Waals surface area contributed by atoms with Crippen LogP contribution in [0.2, 0.25) is 0 Å². The Kier molecular flexibility index (Phi) is 2.67. The zero-order chi connectivity index (χ0) is 14.8. The second-order valence-corrected chi connectivity index (χ2v) is 6.35. The first-order valence-electron chi connectivity index (χ1n) is 7.28. The summed E-state index contributed by atoms with van der Waals surface area (Å²) in [5.74, 6) is -0.650. The van der Waals surface area contributed by atoms with Crippen molar-refractivity contribution in [2.45, 2.75) is 57.3 Å². The van der Waals surface area contributed by atoms with Gasteiger partial charge in [-0.2, -0.15) is 0 Å². The Balaban J connectivity index is 1.77. The van der Waals surface area contributed by atoms with Crippen LogP contribution in [0.4, 0.5) is 0 Å². The summed E-state index contributed by atoms with van der Waals surface area (Å²) < 4.78 is 13.9. The maximum absolute atomic E-state index is 10.3. The molecule has 0 spiro atoms. The molecule has 4 rings (SSSR count). The number of hydrogen-bond acceptors (Lipinski definition) is 5. The van der Waals surface area contributed by atoms with E-state index in [2.05, 4.69) is 14.5 Å². The monoisotopic (exact) mass is 289 g/mol. The van der Waals surface area contributed by atoms with Gasteiger partial charge in [-0.15, -0.1) is 0 Å². The first-order valence-corrected chi connectivity index (χ1v) is 7.28. The van der Waals surface area contributed by atoms with Crippen molar-refractivity contribution < 1.29 is 14.6 Å². The Bertz CT molecular complexity index is 697. The summed E-state index contributed by atoms with van der Waals surface area (Å²) in [5.41, 5.74) is 1.84. The van der Waals surface area contributed by atoms with Crippen molar-refractivity contribution in [1.29, 1.82) is 0 Å². The van der Waals surface area contributed by atoms with E-state index in [1.807, 2.05) is 33.0 Å². The Morgan fingerprint density at radius 2 is 2.05 bits per heavy atom. The van der Waals surface area contributed by atoms with Gasteiger partial charge in [-0.1, -0.05) is 0 Å². The molecule has 1 aliphatic heterocycles. The van der Waals surface area contributed by atoms with Crippen LogP contribution < -0.4 is 0 Å². The zero-order valence-electron chi connectivity index (χ0n) is 12.4. The molecule has 6 nitrogen and oxygen atoms in total. The molecule has 4 unspecified atom stereocenters. The third-order valence-corrected chi connectivity index (χ3v) is 4.47. The van der Waals surface area contributed by atoms with E-state index in [1.165, 1.54) is 0 Å². The molecule has 1 aliphatic carbocycles. The number of rotatable bonds is 1. The highest BCUT2D eigenvalue weighted by Gasteiger charge is 2.54. The maximum atomic E-state index is 10.3. The van der Waals surface area contributed by atoms with Crippen LogP contribution in [0.3, 0.4) is 0 Å². The van der Waals surface area contributed by atoms with Gasteiger partial charge >= 0.3 is 0 Å². The van der Waals surface area contributed by atoms with Crippen molar-refractivity contribution in [1.82, 2.24) is 14.5 Å². The van der Waals surface area contributed by atoms with Gasteiger partial charge in [0.2, 0.25) is 0 Å². The summed E-state index contributed by atoms with van der Waals surface area (Å²) in [5, 5.41) is 11.3. The number of ether oxygens (including phenoxy) is 2. The number of aliphatic hydroxyl groups excluding tert-OH is 1. The van der Waals surface area contributed by atoms with Crippen LogP contribution in [-0.2, 0) is 9.47 Å². The minimum Gasteiger partial charge on any atom is -0.390 e. The van der Waals surface area contributed by atoms with Crippen LogP contribution in [0.15, 0.2) is 18.6 Å². The number of fused-ring (bicyclic) bond motifs is 2. The highest BCUT2D eigenvalue weighted by Crippen LogP contribution is 2.44. The molecule has 1 saturated carbocycles. The molecule has 21 heavy (non-hydrogen) atoms. The lowest BCUT2D eigenvalue weighted by molar-refractivity contribution is -0.165. The lowest BCUT2D eigenvalue weighted by Gasteiger charge is -2.23. The van der Waals surface area contributed by atoms with Crippen LogP contribution >= 0.6 is 0 Å². The van der Waals surface area contributed by atoms with Crippen molar-refractivity contribution in [2.75, 3.05) is 0 Å². The molecular weight excluding hydrogens is 270 g/mol. The highest BCUT2D eigenvalue weighted by molar-refractivity contribution is 5.78. The number of aromatic nitrogens is 3. The first-order chi connectivity index (χ1) is 9.96. The molecule has 2 aromatic rings. The molecule has 0 bridgehead atoms. The van der Waals surface area contributed by atoms with Crippen molar-refractivity contribution in [3.63, 3.8) is 0 Å². The van der Waals surface area contributed by atoms with Gasteiger partial charge in [-0.25, -0.2) is 9.97 Å². The number of aliphatic hydroxyl groups is 1. The van der Waals surface area contributed by atoms with Crippen molar-refractivity contribution >= 4 is 11.0 Å². The number of hydrogen-bond donors (Lipinski definition) is 1. The van der Waals surface area contributed by atoms with Gasteiger partial charge in [0, 0.05) is 11.6 Å². The molecule has 2 aliphatic rings. The summed E-state index contributed by atoms with van der Waals surface area (Å²) in [4.78, 5) is 8.62.